The van der Waals surface area contributed by atoms with Crippen LogP contribution in [0.25, 0.3) is 0 Å². The molecule has 1 amide bonds. The van der Waals surface area contributed by atoms with Gasteiger partial charge in [-0.05, 0) is 32.1 Å². The van der Waals surface area contributed by atoms with E-state index in [-0.39, 0.29) is 47.9 Å². The summed E-state index contributed by atoms with van der Waals surface area (Å²) < 4.78 is 0. The third kappa shape index (κ3) is 6.06. The van der Waals surface area contributed by atoms with E-state index < -0.39 is 0 Å². The number of rotatable bonds is 4. The van der Waals surface area contributed by atoms with E-state index in [0.29, 0.717) is 5.92 Å². The molecule has 2 aliphatic carbocycles. The molecule has 2 rings (SSSR count). The van der Waals surface area contributed by atoms with Gasteiger partial charge in [-0.3, -0.25) is 9.79 Å². The van der Waals surface area contributed by atoms with Gasteiger partial charge in [0.05, 0.1) is 6.10 Å². The Morgan fingerprint density at radius 1 is 1.21 bits per heavy atom. The van der Waals surface area contributed by atoms with Gasteiger partial charge in [0.15, 0.2) is 5.96 Å². The lowest BCUT2D eigenvalue weighted by atomic mass is 9.85. The van der Waals surface area contributed by atoms with Crippen LogP contribution in [0.5, 0.6) is 0 Å². The van der Waals surface area contributed by atoms with Crippen LogP contribution in [0.15, 0.2) is 4.99 Å². The molecule has 7 heteroatoms. The molecule has 4 atom stereocenters. The molecule has 140 valence electrons. The number of carbonyl (C=O) groups excluding carboxylic acids is 1. The number of carbonyl (C=O) groups is 1. The standard InChI is InChI=1S/C17H32N4O2.HI/c1-18-17(19-11-13-7-5-9-15(13)22)20-14-8-4-6-12(10-14)16(23)21(2)3;/h12-15,22H,4-11H2,1-3H3,(H2,18,19,20);1H. The molecule has 2 aliphatic rings. The minimum absolute atomic E-state index is 0. The normalized spacial score (nSPS) is 30.4. The van der Waals surface area contributed by atoms with E-state index in [9.17, 15) is 9.90 Å². The fraction of sp³-hybridized carbons (Fsp3) is 0.882. The monoisotopic (exact) mass is 452 g/mol. The second kappa shape index (κ2) is 10.4. The van der Waals surface area contributed by atoms with Crippen molar-refractivity contribution in [1.82, 2.24) is 15.5 Å². The molecule has 0 radical (unpaired) electrons. The van der Waals surface area contributed by atoms with Gasteiger partial charge in [0.1, 0.15) is 0 Å². The van der Waals surface area contributed by atoms with Crippen LogP contribution in [0.4, 0.5) is 0 Å². The largest absolute Gasteiger partial charge is 0.393 e. The van der Waals surface area contributed by atoms with Crippen molar-refractivity contribution in [2.75, 3.05) is 27.7 Å². The van der Waals surface area contributed by atoms with Gasteiger partial charge in [-0.2, -0.15) is 0 Å². The average molecular weight is 452 g/mol. The number of hydrogen-bond acceptors (Lipinski definition) is 3. The Morgan fingerprint density at radius 2 is 1.92 bits per heavy atom. The molecule has 0 bridgehead atoms. The Hall–Kier alpha value is -0.570. The lowest BCUT2D eigenvalue weighted by Gasteiger charge is -2.31. The molecule has 2 fully saturated rings. The molecular formula is C17H33IN4O2. The number of aliphatic hydroxyl groups is 1. The van der Waals surface area contributed by atoms with Gasteiger partial charge in [0, 0.05) is 45.6 Å². The zero-order chi connectivity index (χ0) is 16.8. The molecule has 4 unspecified atom stereocenters. The van der Waals surface area contributed by atoms with E-state index in [1.807, 2.05) is 14.1 Å². The quantitative estimate of drug-likeness (QED) is 0.344. The Balaban J connectivity index is 0.00000288. The molecule has 0 saturated heterocycles. The molecule has 2 saturated carbocycles. The third-order valence-corrected chi connectivity index (χ3v) is 5.18. The predicted octanol–water partition coefficient (Wildman–Crippen LogP) is 1.58. The maximum Gasteiger partial charge on any atom is 0.225 e. The van der Waals surface area contributed by atoms with Crippen molar-refractivity contribution >= 4 is 35.8 Å². The van der Waals surface area contributed by atoms with E-state index >= 15 is 0 Å². The fourth-order valence-electron chi connectivity index (χ4n) is 3.78. The maximum absolute atomic E-state index is 12.2. The summed E-state index contributed by atoms with van der Waals surface area (Å²) in [5.74, 6) is 1.45. The summed E-state index contributed by atoms with van der Waals surface area (Å²) in [5.41, 5.74) is 0. The van der Waals surface area contributed by atoms with Crippen LogP contribution >= 0.6 is 24.0 Å². The first-order chi connectivity index (χ1) is 11.0. The van der Waals surface area contributed by atoms with E-state index in [2.05, 4.69) is 15.6 Å². The molecule has 0 aromatic rings. The van der Waals surface area contributed by atoms with E-state index in [1.165, 1.54) is 0 Å². The van der Waals surface area contributed by atoms with Crippen molar-refractivity contribution in [2.45, 2.75) is 57.1 Å². The third-order valence-electron chi connectivity index (χ3n) is 5.18. The summed E-state index contributed by atoms with van der Waals surface area (Å²) in [5, 5.41) is 16.7. The summed E-state index contributed by atoms with van der Waals surface area (Å²) >= 11 is 0. The molecule has 0 aromatic carbocycles. The molecule has 3 N–H and O–H groups in total. The minimum atomic E-state index is -0.183. The van der Waals surface area contributed by atoms with E-state index in [4.69, 9.17) is 0 Å². The summed E-state index contributed by atoms with van der Waals surface area (Å²) in [6.07, 6.45) is 6.90. The molecular weight excluding hydrogens is 419 g/mol. The van der Waals surface area contributed by atoms with Crippen molar-refractivity contribution in [1.29, 1.82) is 0 Å². The van der Waals surface area contributed by atoms with Crippen LogP contribution in [-0.4, -0.2) is 61.7 Å². The topological polar surface area (TPSA) is 77.0 Å². The van der Waals surface area contributed by atoms with Crippen LogP contribution in [0.2, 0.25) is 0 Å². The lowest BCUT2D eigenvalue weighted by molar-refractivity contribution is -0.134. The van der Waals surface area contributed by atoms with Gasteiger partial charge >= 0.3 is 0 Å². The number of nitrogens with one attached hydrogen (secondary N) is 2. The zero-order valence-electron chi connectivity index (χ0n) is 15.1. The van der Waals surface area contributed by atoms with Crippen molar-refractivity contribution in [3.63, 3.8) is 0 Å². The number of guanidine groups is 1. The van der Waals surface area contributed by atoms with Crippen LogP contribution < -0.4 is 10.6 Å². The van der Waals surface area contributed by atoms with Gasteiger partial charge in [0.2, 0.25) is 5.91 Å². The summed E-state index contributed by atoms with van der Waals surface area (Å²) in [6, 6.07) is 0.289. The lowest BCUT2D eigenvalue weighted by Crippen LogP contribution is -2.48. The SMILES string of the molecule is CN=C(NCC1CCCC1O)NC1CCCC(C(=O)N(C)C)C1.I. The number of hydrogen-bond donors (Lipinski definition) is 3. The molecule has 0 aromatic heterocycles. The molecule has 0 spiro atoms. The molecule has 0 aliphatic heterocycles. The first-order valence-corrected chi connectivity index (χ1v) is 8.87. The highest BCUT2D eigenvalue weighted by Crippen LogP contribution is 2.26. The Labute approximate surface area is 162 Å². The van der Waals surface area contributed by atoms with Crippen LogP contribution in [0, 0.1) is 11.8 Å². The van der Waals surface area contributed by atoms with Crippen molar-refractivity contribution in [3.8, 4) is 0 Å². The highest BCUT2D eigenvalue weighted by atomic mass is 127. The van der Waals surface area contributed by atoms with Gasteiger partial charge in [-0.1, -0.05) is 12.8 Å². The maximum atomic E-state index is 12.2. The highest BCUT2D eigenvalue weighted by Gasteiger charge is 2.29. The summed E-state index contributed by atoms with van der Waals surface area (Å²) in [6.45, 7) is 0.758. The van der Waals surface area contributed by atoms with Gasteiger partial charge in [-0.25, -0.2) is 0 Å². The smallest absolute Gasteiger partial charge is 0.225 e. The van der Waals surface area contributed by atoms with Gasteiger partial charge in [-0.15, -0.1) is 24.0 Å². The van der Waals surface area contributed by atoms with Crippen LogP contribution in [0.1, 0.15) is 44.9 Å². The summed E-state index contributed by atoms with van der Waals surface area (Å²) in [7, 11) is 5.42. The Morgan fingerprint density at radius 3 is 2.50 bits per heavy atom. The molecule has 0 heterocycles. The number of halogens is 1. The van der Waals surface area contributed by atoms with Crippen molar-refractivity contribution < 1.29 is 9.90 Å². The van der Waals surface area contributed by atoms with Gasteiger partial charge < -0.3 is 20.6 Å². The predicted molar refractivity (Wildman–Crippen MR) is 108 cm³/mol. The number of aliphatic imine (C=N–C) groups is 1. The number of nitrogens with zero attached hydrogens (tertiary/aromatic N) is 2. The second-order valence-electron chi connectivity index (χ2n) is 7.15. The van der Waals surface area contributed by atoms with Crippen LogP contribution in [-0.2, 0) is 4.79 Å². The summed E-state index contributed by atoms with van der Waals surface area (Å²) in [4.78, 5) is 18.1. The second-order valence-corrected chi connectivity index (χ2v) is 7.15. The van der Waals surface area contributed by atoms with Crippen LogP contribution in [0.3, 0.4) is 0 Å². The molecule has 6 nitrogen and oxygen atoms in total. The van der Waals surface area contributed by atoms with Crippen molar-refractivity contribution in [2.24, 2.45) is 16.8 Å². The van der Waals surface area contributed by atoms with Gasteiger partial charge in [0.25, 0.3) is 0 Å². The minimum Gasteiger partial charge on any atom is -0.393 e. The Bertz CT molecular complexity index is 431. The van der Waals surface area contributed by atoms with E-state index in [1.54, 1.807) is 11.9 Å². The van der Waals surface area contributed by atoms with E-state index in [0.717, 1.165) is 57.5 Å². The fourth-order valence-corrected chi connectivity index (χ4v) is 3.78. The highest BCUT2D eigenvalue weighted by molar-refractivity contribution is 14.0. The molecule has 24 heavy (non-hydrogen) atoms. The zero-order valence-corrected chi connectivity index (χ0v) is 17.5. The first kappa shape index (κ1) is 21.5. The first-order valence-electron chi connectivity index (χ1n) is 8.87. The Kier molecular flexibility index (Phi) is 9.33. The average Bonchev–Trinajstić information content (AvgIpc) is 2.96. The van der Waals surface area contributed by atoms with Crippen molar-refractivity contribution in [3.05, 3.63) is 0 Å². The number of amides is 1. The number of aliphatic hydroxyl groups excluding tert-OH is 1.